The van der Waals surface area contributed by atoms with E-state index in [-0.39, 0.29) is 31.0 Å². The zero-order valence-electron chi connectivity index (χ0n) is 17.2. The first-order chi connectivity index (χ1) is 14.8. The van der Waals surface area contributed by atoms with Gasteiger partial charge in [0.15, 0.2) is 6.61 Å². The van der Waals surface area contributed by atoms with Crippen LogP contribution in [-0.4, -0.2) is 35.4 Å². The predicted molar refractivity (Wildman–Crippen MR) is 127 cm³/mol. The highest BCUT2D eigenvalue weighted by atomic mass is 79.9. The number of hydrogen-bond donors (Lipinski definition) is 1. The third-order valence-electron chi connectivity index (χ3n) is 5.36. The minimum atomic E-state index is -0.642. The fourth-order valence-corrected chi connectivity index (χ4v) is 4.53. The Kier molecular flexibility index (Phi) is 8.64. The van der Waals surface area contributed by atoms with E-state index >= 15 is 0 Å². The largest absolute Gasteiger partial charge is 0.482 e. The molecule has 2 aromatic rings. The van der Waals surface area contributed by atoms with Gasteiger partial charge in [-0.25, -0.2) is 0 Å². The SMILES string of the molecule is C[C@@H](C(=O)NC1CCCC1)N(Cc1cccc(Br)c1)C(=O)COc1ccc(Cl)cc1Cl. The number of nitrogens with zero attached hydrogens (tertiary/aromatic N) is 1. The summed E-state index contributed by atoms with van der Waals surface area (Å²) >= 11 is 15.5. The van der Waals surface area contributed by atoms with E-state index in [2.05, 4.69) is 21.2 Å². The zero-order chi connectivity index (χ0) is 22.4. The molecule has 0 aliphatic heterocycles. The average Bonchev–Trinajstić information content (AvgIpc) is 3.23. The standard InChI is InChI=1S/C23H25BrCl2N2O3/c1-15(23(30)27-19-7-2-3-8-19)28(13-16-5-4-6-17(24)11-16)22(29)14-31-21-10-9-18(25)12-20(21)26/h4-6,9-12,15,19H,2-3,7-8,13-14H2,1H3,(H,27,30)/t15-/m0/s1. The van der Waals surface area contributed by atoms with Gasteiger partial charge in [0.2, 0.25) is 5.91 Å². The molecule has 8 heteroatoms. The molecular formula is C23H25BrCl2N2O3. The van der Waals surface area contributed by atoms with Gasteiger partial charge in [-0.2, -0.15) is 0 Å². The molecule has 5 nitrogen and oxygen atoms in total. The number of benzene rings is 2. The van der Waals surface area contributed by atoms with Gasteiger partial charge >= 0.3 is 0 Å². The molecule has 31 heavy (non-hydrogen) atoms. The van der Waals surface area contributed by atoms with Gasteiger partial charge in [0, 0.05) is 22.1 Å². The third-order valence-corrected chi connectivity index (χ3v) is 6.38. The van der Waals surface area contributed by atoms with E-state index in [1.54, 1.807) is 25.1 Å². The molecule has 0 bridgehead atoms. The second-order valence-electron chi connectivity index (χ2n) is 7.68. The number of hydrogen-bond acceptors (Lipinski definition) is 3. The van der Waals surface area contributed by atoms with E-state index in [0.717, 1.165) is 35.7 Å². The first-order valence-electron chi connectivity index (χ1n) is 10.3. The van der Waals surface area contributed by atoms with Crippen molar-refractivity contribution in [1.82, 2.24) is 10.2 Å². The normalized spacial score (nSPS) is 14.8. The minimum absolute atomic E-state index is 0.153. The van der Waals surface area contributed by atoms with Gasteiger partial charge in [0.25, 0.3) is 5.91 Å². The summed E-state index contributed by atoms with van der Waals surface area (Å²) in [4.78, 5) is 27.5. The van der Waals surface area contributed by atoms with Crippen LogP contribution in [0.5, 0.6) is 5.75 Å². The minimum Gasteiger partial charge on any atom is -0.482 e. The lowest BCUT2D eigenvalue weighted by molar-refractivity contribution is -0.142. The molecular weight excluding hydrogens is 503 g/mol. The quantitative estimate of drug-likeness (QED) is 0.485. The van der Waals surface area contributed by atoms with Crippen LogP contribution in [0.3, 0.4) is 0 Å². The molecule has 2 amide bonds. The molecule has 2 aromatic carbocycles. The topological polar surface area (TPSA) is 58.6 Å². The summed E-state index contributed by atoms with van der Waals surface area (Å²) in [6.45, 7) is 1.79. The number of ether oxygens (including phenoxy) is 1. The summed E-state index contributed by atoms with van der Waals surface area (Å²) in [7, 11) is 0. The lowest BCUT2D eigenvalue weighted by atomic mass is 10.1. The maximum Gasteiger partial charge on any atom is 0.261 e. The lowest BCUT2D eigenvalue weighted by Gasteiger charge is -2.29. The monoisotopic (exact) mass is 526 g/mol. The Labute approximate surface area is 201 Å². The molecule has 0 aromatic heterocycles. The van der Waals surface area contributed by atoms with E-state index < -0.39 is 6.04 Å². The van der Waals surface area contributed by atoms with Gasteiger partial charge in [-0.3, -0.25) is 9.59 Å². The Morgan fingerprint density at radius 1 is 1.19 bits per heavy atom. The van der Waals surface area contributed by atoms with E-state index in [1.807, 2.05) is 24.3 Å². The van der Waals surface area contributed by atoms with Crippen LogP contribution < -0.4 is 10.1 Å². The van der Waals surface area contributed by atoms with Crippen LogP contribution >= 0.6 is 39.1 Å². The van der Waals surface area contributed by atoms with Crippen LogP contribution in [0.2, 0.25) is 10.0 Å². The molecule has 3 rings (SSSR count). The van der Waals surface area contributed by atoms with Crippen LogP contribution in [0, 0.1) is 0 Å². The Hall–Kier alpha value is -1.76. The fraction of sp³-hybridized carbons (Fsp3) is 0.391. The number of amides is 2. The summed E-state index contributed by atoms with van der Waals surface area (Å²) in [6.07, 6.45) is 4.21. The Morgan fingerprint density at radius 2 is 1.94 bits per heavy atom. The maximum absolute atomic E-state index is 13.1. The van der Waals surface area contributed by atoms with Gasteiger partial charge in [-0.05, 0) is 55.7 Å². The fourth-order valence-electron chi connectivity index (χ4n) is 3.62. The van der Waals surface area contributed by atoms with Crippen LogP contribution in [0.25, 0.3) is 0 Å². The molecule has 0 spiro atoms. The van der Waals surface area contributed by atoms with Crippen LogP contribution in [-0.2, 0) is 16.1 Å². The highest BCUT2D eigenvalue weighted by molar-refractivity contribution is 9.10. The first kappa shape index (κ1) is 23.9. The molecule has 1 aliphatic rings. The highest BCUT2D eigenvalue weighted by Gasteiger charge is 2.29. The van der Waals surface area contributed by atoms with Crippen molar-refractivity contribution in [3.05, 3.63) is 62.5 Å². The zero-order valence-corrected chi connectivity index (χ0v) is 20.3. The van der Waals surface area contributed by atoms with Crippen LogP contribution in [0.4, 0.5) is 0 Å². The van der Waals surface area contributed by atoms with E-state index in [4.69, 9.17) is 27.9 Å². The number of carbonyl (C=O) groups excluding carboxylic acids is 2. The van der Waals surface area contributed by atoms with Gasteiger partial charge in [0.05, 0.1) is 5.02 Å². The van der Waals surface area contributed by atoms with Crippen LogP contribution in [0.15, 0.2) is 46.9 Å². The van der Waals surface area contributed by atoms with Gasteiger partial charge in [-0.1, -0.05) is 64.1 Å². The predicted octanol–water partition coefficient (Wildman–Crippen LogP) is 5.61. The van der Waals surface area contributed by atoms with Crippen molar-refractivity contribution in [3.8, 4) is 5.75 Å². The Balaban J connectivity index is 1.73. The maximum atomic E-state index is 13.1. The van der Waals surface area contributed by atoms with Gasteiger partial charge in [0.1, 0.15) is 11.8 Å². The molecule has 0 unspecified atom stereocenters. The van der Waals surface area contributed by atoms with Crippen molar-refractivity contribution in [2.45, 2.75) is 51.2 Å². The van der Waals surface area contributed by atoms with Gasteiger partial charge in [-0.15, -0.1) is 0 Å². The molecule has 0 radical (unpaired) electrons. The van der Waals surface area contributed by atoms with E-state index in [0.29, 0.717) is 15.8 Å². The van der Waals surface area contributed by atoms with Crippen molar-refractivity contribution in [2.24, 2.45) is 0 Å². The summed E-state index contributed by atoms with van der Waals surface area (Å²) in [5.41, 5.74) is 0.910. The molecule has 1 N–H and O–H groups in total. The summed E-state index contributed by atoms with van der Waals surface area (Å²) < 4.78 is 6.54. The number of nitrogens with one attached hydrogen (secondary N) is 1. The molecule has 166 valence electrons. The molecule has 1 aliphatic carbocycles. The van der Waals surface area contributed by atoms with E-state index in [1.165, 1.54) is 4.90 Å². The van der Waals surface area contributed by atoms with Crippen molar-refractivity contribution < 1.29 is 14.3 Å². The van der Waals surface area contributed by atoms with Crippen molar-refractivity contribution in [1.29, 1.82) is 0 Å². The third kappa shape index (κ3) is 6.86. The van der Waals surface area contributed by atoms with Crippen molar-refractivity contribution in [2.75, 3.05) is 6.61 Å². The summed E-state index contributed by atoms with van der Waals surface area (Å²) in [6, 6.07) is 12.0. The molecule has 0 saturated heterocycles. The number of carbonyl (C=O) groups is 2. The second kappa shape index (κ2) is 11.2. The summed E-state index contributed by atoms with van der Waals surface area (Å²) in [5.74, 6) is -0.0929. The molecule has 0 heterocycles. The molecule has 1 saturated carbocycles. The summed E-state index contributed by atoms with van der Waals surface area (Å²) in [5, 5.41) is 3.89. The first-order valence-corrected chi connectivity index (χ1v) is 11.8. The Morgan fingerprint density at radius 3 is 2.61 bits per heavy atom. The highest BCUT2D eigenvalue weighted by Crippen LogP contribution is 2.27. The van der Waals surface area contributed by atoms with Crippen molar-refractivity contribution in [3.63, 3.8) is 0 Å². The lowest BCUT2D eigenvalue weighted by Crippen LogP contribution is -2.50. The Bertz CT molecular complexity index is 935. The molecule has 1 atom stereocenters. The number of rotatable bonds is 8. The van der Waals surface area contributed by atoms with Crippen LogP contribution in [0.1, 0.15) is 38.2 Å². The average molecular weight is 528 g/mol. The smallest absolute Gasteiger partial charge is 0.261 e. The van der Waals surface area contributed by atoms with E-state index in [9.17, 15) is 9.59 Å². The number of halogens is 3. The van der Waals surface area contributed by atoms with Gasteiger partial charge < -0.3 is 15.0 Å². The molecule has 1 fully saturated rings. The van der Waals surface area contributed by atoms with Crippen molar-refractivity contribution >= 4 is 50.9 Å². The second-order valence-corrected chi connectivity index (χ2v) is 9.44.